The van der Waals surface area contributed by atoms with Crippen molar-refractivity contribution >= 4 is 11.3 Å². The largest absolute Gasteiger partial charge is 0.488 e. The van der Waals surface area contributed by atoms with Gasteiger partial charge in [0, 0.05) is 5.56 Å². The van der Waals surface area contributed by atoms with Crippen molar-refractivity contribution in [2.24, 2.45) is 0 Å². The molecule has 0 unspecified atom stereocenters. The third kappa shape index (κ3) is 4.10. The summed E-state index contributed by atoms with van der Waals surface area (Å²) in [7, 11) is 0. The third-order valence-corrected chi connectivity index (χ3v) is 4.00. The van der Waals surface area contributed by atoms with E-state index in [1.54, 1.807) is 11.3 Å². The molecule has 0 aliphatic carbocycles. The van der Waals surface area contributed by atoms with Gasteiger partial charge in [-0.1, -0.05) is 50.8 Å². The van der Waals surface area contributed by atoms with Crippen LogP contribution in [0.3, 0.4) is 0 Å². The second kappa shape index (κ2) is 6.80. The quantitative estimate of drug-likeness (QED) is 0.869. The summed E-state index contributed by atoms with van der Waals surface area (Å²) in [6.07, 6.45) is 0. The molecule has 0 atom stereocenters. The molecule has 1 N–H and O–H groups in total. The molecule has 0 aliphatic heterocycles. The number of aliphatic hydroxyl groups is 1. The Morgan fingerprint density at radius 3 is 2.67 bits per heavy atom. The van der Waals surface area contributed by atoms with Gasteiger partial charge in [0.2, 0.25) is 0 Å². The molecule has 0 spiro atoms. The van der Waals surface area contributed by atoms with E-state index in [-0.39, 0.29) is 12.0 Å². The van der Waals surface area contributed by atoms with E-state index in [1.807, 2.05) is 29.6 Å². The summed E-state index contributed by atoms with van der Waals surface area (Å²) in [4.78, 5) is 1.08. The predicted molar refractivity (Wildman–Crippen MR) is 87.8 cm³/mol. The molecule has 2 rings (SSSR count). The van der Waals surface area contributed by atoms with Crippen molar-refractivity contribution in [1.82, 2.24) is 0 Å². The van der Waals surface area contributed by atoms with Gasteiger partial charge in [-0.15, -0.1) is 11.3 Å². The van der Waals surface area contributed by atoms with Crippen molar-refractivity contribution in [3.63, 3.8) is 0 Å². The molecular formula is C18H20O2S. The smallest absolute Gasteiger partial charge is 0.124 e. The van der Waals surface area contributed by atoms with E-state index in [2.05, 4.69) is 38.7 Å². The first-order chi connectivity index (χ1) is 10.0. The van der Waals surface area contributed by atoms with Crippen LogP contribution in [-0.2, 0) is 12.0 Å². The van der Waals surface area contributed by atoms with Gasteiger partial charge in [-0.3, -0.25) is 0 Å². The Kier molecular flexibility index (Phi) is 5.06. The summed E-state index contributed by atoms with van der Waals surface area (Å²) < 4.78 is 6.01. The summed E-state index contributed by atoms with van der Waals surface area (Å²) in [5, 5.41) is 10.8. The van der Waals surface area contributed by atoms with E-state index < -0.39 is 0 Å². The Labute approximate surface area is 130 Å². The maximum absolute atomic E-state index is 8.79. The molecule has 0 fully saturated rings. The fourth-order valence-corrected chi connectivity index (χ4v) is 2.80. The number of benzene rings is 1. The van der Waals surface area contributed by atoms with Crippen LogP contribution in [-0.4, -0.2) is 11.7 Å². The van der Waals surface area contributed by atoms with Crippen LogP contribution in [0.4, 0.5) is 0 Å². The van der Waals surface area contributed by atoms with Crippen LogP contribution in [0, 0.1) is 11.8 Å². The number of aliphatic hydroxyl groups excluding tert-OH is 1. The summed E-state index contributed by atoms with van der Waals surface area (Å²) >= 11 is 1.62. The number of para-hydroxylation sites is 1. The van der Waals surface area contributed by atoms with E-state index >= 15 is 0 Å². The minimum absolute atomic E-state index is 0.0472. The SMILES string of the molecule is CC(C)(C)c1ccccc1OCc1sccc1C#CCO. The van der Waals surface area contributed by atoms with Crippen molar-refractivity contribution in [3.8, 4) is 17.6 Å². The normalized spacial score (nSPS) is 10.9. The zero-order chi connectivity index (χ0) is 15.3. The van der Waals surface area contributed by atoms with Crippen LogP contribution in [0.2, 0.25) is 0 Å². The minimum Gasteiger partial charge on any atom is -0.488 e. The maximum atomic E-state index is 8.79. The Bertz CT molecular complexity index is 654. The molecule has 0 aliphatic rings. The number of thiophene rings is 1. The van der Waals surface area contributed by atoms with E-state index in [0.29, 0.717) is 6.61 Å². The molecule has 0 saturated heterocycles. The van der Waals surface area contributed by atoms with E-state index in [0.717, 1.165) is 16.2 Å². The van der Waals surface area contributed by atoms with Crippen molar-refractivity contribution in [3.05, 3.63) is 51.7 Å². The standard InChI is InChI=1S/C18H20O2S/c1-18(2,3)15-8-4-5-9-16(15)20-13-17-14(7-6-11-19)10-12-21-17/h4-5,8-10,12,19H,11,13H2,1-3H3. The van der Waals surface area contributed by atoms with Crippen LogP contribution in [0.25, 0.3) is 0 Å². The van der Waals surface area contributed by atoms with E-state index in [1.165, 1.54) is 5.56 Å². The van der Waals surface area contributed by atoms with Crippen molar-refractivity contribution < 1.29 is 9.84 Å². The Morgan fingerprint density at radius 2 is 1.95 bits per heavy atom. The number of hydrogen-bond donors (Lipinski definition) is 1. The second-order valence-electron chi connectivity index (χ2n) is 5.75. The average Bonchev–Trinajstić information content (AvgIpc) is 2.89. The molecule has 21 heavy (non-hydrogen) atoms. The molecule has 2 nitrogen and oxygen atoms in total. The predicted octanol–water partition coefficient (Wildman–Crippen LogP) is 3.97. The molecule has 0 saturated carbocycles. The fraction of sp³-hybridized carbons (Fsp3) is 0.333. The Morgan fingerprint density at radius 1 is 1.19 bits per heavy atom. The highest BCUT2D eigenvalue weighted by Crippen LogP contribution is 2.31. The zero-order valence-corrected chi connectivity index (χ0v) is 13.5. The van der Waals surface area contributed by atoms with E-state index in [9.17, 15) is 0 Å². The molecule has 1 aromatic heterocycles. The average molecular weight is 300 g/mol. The molecule has 0 amide bonds. The first-order valence-corrected chi connectivity index (χ1v) is 7.78. The molecule has 1 aromatic carbocycles. The minimum atomic E-state index is -0.122. The Hall–Kier alpha value is -1.76. The topological polar surface area (TPSA) is 29.5 Å². The molecule has 2 aromatic rings. The fourth-order valence-electron chi connectivity index (χ4n) is 2.05. The lowest BCUT2D eigenvalue weighted by atomic mass is 9.86. The lowest BCUT2D eigenvalue weighted by molar-refractivity contribution is 0.300. The van der Waals surface area contributed by atoms with Crippen LogP contribution in [0.1, 0.15) is 36.8 Å². The van der Waals surface area contributed by atoms with E-state index in [4.69, 9.17) is 9.84 Å². The van der Waals surface area contributed by atoms with Crippen molar-refractivity contribution in [2.75, 3.05) is 6.61 Å². The molecule has 0 bridgehead atoms. The van der Waals surface area contributed by atoms with Gasteiger partial charge in [-0.05, 0) is 28.5 Å². The summed E-state index contributed by atoms with van der Waals surface area (Å²) in [6.45, 7) is 6.92. The molecular weight excluding hydrogens is 280 g/mol. The van der Waals surface area contributed by atoms with Crippen LogP contribution in [0.15, 0.2) is 35.7 Å². The van der Waals surface area contributed by atoms with Gasteiger partial charge in [0.05, 0.1) is 4.88 Å². The van der Waals surface area contributed by atoms with Crippen LogP contribution in [0.5, 0.6) is 5.75 Å². The van der Waals surface area contributed by atoms with Crippen molar-refractivity contribution in [2.45, 2.75) is 32.8 Å². The highest BCUT2D eigenvalue weighted by molar-refractivity contribution is 7.10. The lowest BCUT2D eigenvalue weighted by Gasteiger charge is -2.22. The maximum Gasteiger partial charge on any atom is 0.124 e. The molecule has 110 valence electrons. The zero-order valence-electron chi connectivity index (χ0n) is 12.6. The third-order valence-electron chi connectivity index (χ3n) is 3.10. The molecule has 3 heteroatoms. The Balaban J connectivity index is 2.16. The monoisotopic (exact) mass is 300 g/mol. The first-order valence-electron chi connectivity index (χ1n) is 6.91. The summed E-state index contributed by atoms with van der Waals surface area (Å²) in [6, 6.07) is 10.1. The van der Waals surface area contributed by atoms with Gasteiger partial charge in [-0.25, -0.2) is 0 Å². The van der Waals surface area contributed by atoms with Gasteiger partial charge in [0.25, 0.3) is 0 Å². The van der Waals surface area contributed by atoms with Crippen molar-refractivity contribution in [1.29, 1.82) is 0 Å². The van der Waals surface area contributed by atoms with Crippen LogP contribution >= 0.6 is 11.3 Å². The number of ether oxygens (including phenoxy) is 1. The van der Waals surface area contributed by atoms with Crippen LogP contribution < -0.4 is 4.74 Å². The lowest BCUT2D eigenvalue weighted by Crippen LogP contribution is -2.13. The van der Waals surface area contributed by atoms with Gasteiger partial charge in [-0.2, -0.15) is 0 Å². The number of hydrogen-bond acceptors (Lipinski definition) is 3. The first kappa shape index (κ1) is 15.6. The summed E-state index contributed by atoms with van der Waals surface area (Å²) in [5.41, 5.74) is 2.18. The van der Waals surface area contributed by atoms with Gasteiger partial charge >= 0.3 is 0 Å². The van der Waals surface area contributed by atoms with Gasteiger partial charge in [0.1, 0.15) is 19.0 Å². The highest BCUT2D eigenvalue weighted by atomic mass is 32.1. The second-order valence-corrected chi connectivity index (χ2v) is 6.75. The molecule has 1 heterocycles. The van der Waals surface area contributed by atoms with Gasteiger partial charge < -0.3 is 9.84 Å². The van der Waals surface area contributed by atoms with Gasteiger partial charge in [0.15, 0.2) is 0 Å². The summed E-state index contributed by atoms with van der Waals surface area (Å²) in [5.74, 6) is 6.55. The highest BCUT2D eigenvalue weighted by Gasteiger charge is 2.18. The molecule has 0 radical (unpaired) electrons. The number of rotatable bonds is 3.